The Labute approximate surface area is 70.3 Å². The first kappa shape index (κ1) is 7.40. The van der Waals surface area contributed by atoms with Crippen molar-refractivity contribution in [1.29, 1.82) is 0 Å². The van der Waals surface area contributed by atoms with Crippen LogP contribution in [0.2, 0.25) is 0 Å². The normalized spacial score (nSPS) is 28.9. The Morgan fingerprint density at radius 2 is 2.42 bits per heavy atom. The first-order valence-corrected chi connectivity index (χ1v) is 3.99. The number of carbonyl (C=O) groups is 1. The van der Waals surface area contributed by atoms with Gasteiger partial charge in [0, 0.05) is 11.5 Å². The fraction of sp³-hybridized carbons (Fsp3) is 0.444. The number of furan rings is 1. The van der Waals surface area contributed by atoms with Crippen molar-refractivity contribution in [2.45, 2.75) is 19.4 Å². The topological polar surface area (TPSA) is 39.4 Å². The van der Waals surface area contributed by atoms with E-state index in [1.165, 1.54) is 0 Å². The third kappa shape index (κ3) is 1.11. The van der Waals surface area contributed by atoms with Crippen LogP contribution in [0, 0.1) is 5.92 Å². The predicted octanol–water partition coefficient (Wildman–Crippen LogP) is 1.90. The molecular formula is C9H10O3. The Hall–Kier alpha value is -1.25. The number of carbonyl (C=O) groups excluding carboxylic acids is 1. The maximum Gasteiger partial charge on any atom is 0.306 e. The average molecular weight is 166 g/mol. The summed E-state index contributed by atoms with van der Waals surface area (Å²) < 4.78 is 10.0. The minimum atomic E-state index is -0.117. The second kappa shape index (κ2) is 2.66. The minimum Gasteiger partial charge on any atom is -0.472 e. The van der Waals surface area contributed by atoms with Crippen molar-refractivity contribution in [2.75, 3.05) is 0 Å². The zero-order chi connectivity index (χ0) is 8.55. The van der Waals surface area contributed by atoms with Crippen molar-refractivity contribution in [1.82, 2.24) is 0 Å². The largest absolute Gasteiger partial charge is 0.472 e. The SMILES string of the molecule is C[C@@H]1CC(=O)O[C@H]1c1ccoc1. The summed E-state index contributed by atoms with van der Waals surface area (Å²) in [5.74, 6) is 0.142. The fourth-order valence-corrected chi connectivity index (χ4v) is 1.51. The van der Waals surface area contributed by atoms with Gasteiger partial charge in [-0.2, -0.15) is 0 Å². The molecule has 64 valence electrons. The van der Waals surface area contributed by atoms with E-state index in [2.05, 4.69) is 0 Å². The van der Waals surface area contributed by atoms with Crippen LogP contribution in [0.15, 0.2) is 23.0 Å². The standard InChI is InChI=1S/C9H10O3/c1-6-4-8(10)12-9(6)7-2-3-11-5-7/h2-3,5-6,9H,4H2,1H3/t6-,9-/m1/s1. The number of hydrogen-bond acceptors (Lipinski definition) is 3. The van der Waals surface area contributed by atoms with Gasteiger partial charge >= 0.3 is 5.97 Å². The molecule has 1 aliphatic rings. The lowest BCUT2D eigenvalue weighted by Crippen LogP contribution is -2.02. The molecule has 1 fully saturated rings. The van der Waals surface area contributed by atoms with E-state index < -0.39 is 0 Å². The highest BCUT2D eigenvalue weighted by atomic mass is 16.6. The molecule has 2 heterocycles. The van der Waals surface area contributed by atoms with E-state index in [1.807, 2.05) is 13.0 Å². The molecule has 2 atom stereocenters. The summed E-state index contributed by atoms with van der Waals surface area (Å²) in [6.45, 7) is 2.00. The molecule has 0 saturated carbocycles. The molecule has 0 amide bonds. The summed E-state index contributed by atoms with van der Waals surface area (Å²) >= 11 is 0. The highest BCUT2D eigenvalue weighted by Crippen LogP contribution is 2.34. The predicted molar refractivity (Wildman–Crippen MR) is 41.3 cm³/mol. The Morgan fingerprint density at radius 1 is 1.58 bits per heavy atom. The van der Waals surface area contributed by atoms with Gasteiger partial charge in [-0.1, -0.05) is 6.92 Å². The van der Waals surface area contributed by atoms with Gasteiger partial charge in [-0.3, -0.25) is 4.79 Å². The highest BCUT2D eigenvalue weighted by molar-refractivity contribution is 5.72. The van der Waals surface area contributed by atoms with Crippen molar-refractivity contribution >= 4 is 5.97 Å². The first-order chi connectivity index (χ1) is 5.77. The Bertz CT molecular complexity index is 276. The smallest absolute Gasteiger partial charge is 0.306 e. The molecule has 3 nitrogen and oxygen atoms in total. The molecule has 0 radical (unpaired) electrons. The second-order valence-electron chi connectivity index (χ2n) is 3.15. The molecular weight excluding hydrogens is 156 g/mol. The van der Waals surface area contributed by atoms with Crippen molar-refractivity contribution in [3.63, 3.8) is 0 Å². The van der Waals surface area contributed by atoms with E-state index in [0.29, 0.717) is 6.42 Å². The molecule has 1 saturated heterocycles. The molecule has 0 spiro atoms. The van der Waals surface area contributed by atoms with Crippen molar-refractivity contribution in [3.8, 4) is 0 Å². The van der Waals surface area contributed by atoms with Gasteiger partial charge < -0.3 is 9.15 Å². The molecule has 0 unspecified atom stereocenters. The van der Waals surface area contributed by atoms with Crippen LogP contribution in [0.5, 0.6) is 0 Å². The third-order valence-electron chi connectivity index (χ3n) is 2.14. The molecule has 0 aliphatic carbocycles. The highest BCUT2D eigenvalue weighted by Gasteiger charge is 2.32. The van der Waals surface area contributed by atoms with Gasteiger partial charge in [0.05, 0.1) is 18.9 Å². The van der Waals surface area contributed by atoms with Gasteiger partial charge in [-0.05, 0) is 6.07 Å². The Kier molecular flexibility index (Phi) is 1.64. The molecule has 0 aromatic carbocycles. The van der Waals surface area contributed by atoms with Gasteiger partial charge in [0.1, 0.15) is 6.10 Å². The maximum absolute atomic E-state index is 10.9. The van der Waals surface area contributed by atoms with Crippen LogP contribution in [0.3, 0.4) is 0 Å². The lowest BCUT2D eigenvalue weighted by atomic mass is 10.00. The monoisotopic (exact) mass is 166 g/mol. The summed E-state index contributed by atoms with van der Waals surface area (Å²) in [5.41, 5.74) is 0.952. The zero-order valence-corrected chi connectivity index (χ0v) is 6.82. The molecule has 1 aromatic rings. The van der Waals surface area contributed by atoms with E-state index in [9.17, 15) is 4.79 Å². The van der Waals surface area contributed by atoms with Gasteiger partial charge in [0.25, 0.3) is 0 Å². The number of ether oxygens (including phenoxy) is 1. The van der Waals surface area contributed by atoms with Crippen molar-refractivity contribution in [2.24, 2.45) is 5.92 Å². The van der Waals surface area contributed by atoms with Gasteiger partial charge in [-0.15, -0.1) is 0 Å². The Morgan fingerprint density at radius 3 is 2.92 bits per heavy atom. The van der Waals surface area contributed by atoms with Crippen LogP contribution in [0.4, 0.5) is 0 Å². The summed E-state index contributed by atoms with van der Waals surface area (Å²) in [7, 11) is 0. The second-order valence-corrected chi connectivity index (χ2v) is 3.15. The molecule has 1 aliphatic heterocycles. The fourth-order valence-electron chi connectivity index (χ4n) is 1.51. The molecule has 3 heteroatoms. The number of hydrogen-bond donors (Lipinski definition) is 0. The van der Waals surface area contributed by atoms with Crippen molar-refractivity contribution < 1.29 is 13.9 Å². The number of esters is 1. The lowest BCUT2D eigenvalue weighted by molar-refractivity contribution is -0.141. The minimum absolute atomic E-state index is 0.101. The van der Waals surface area contributed by atoms with Gasteiger partial charge in [0.2, 0.25) is 0 Å². The molecule has 0 N–H and O–H groups in total. The van der Waals surface area contributed by atoms with Crippen LogP contribution in [0.25, 0.3) is 0 Å². The van der Waals surface area contributed by atoms with Gasteiger partial charge in [-0.25, -0.2) is 0 Å². The summed E-state index contributed by atoms with van der Waals surface area (Å²) in [6, 6.07) is 1.83. The summed E-state index contributed by atoms with van der Waals surface area (Å²) in [6.07, 6.45) is 3.63. The van der Waals surface area contributed by atoms with E-state index in [0.717, 1.165) is 5.56 Å². The molecule has 2 rings (SSSR count). The van der Waals surface area contributed by atoms with E-state index in [4.69, 9.17) is 9.15 Å². The molecule has 0 bridgehead atoms. The summed E-state index contributed by atoms with van der Waals surface area (Å²) in [5, 5.41) is 0. The Balaban J connectivity index is 2.20. The van der Waals surface area contributed by atoms with E-state index in [-0.39, 0.29) is 18.0 Å². The molecule has 12 heavy (non-hydrogen) atoms. The maximum atomic E-state index is 10.9. The van der Waals surface area contributed by atoms with E-state index in [1.54, 1.807) is 12.5 Å². The van der Waals surface area contributed by atoms with Gasteiger partial charge in [0.15, 0.2) is 0 Å². The lowest BCUT2D eigenvalue weighted by Gasteiger charge is -2.10. The van der Waals surface area contributed by atoms with Crippen LogP contribution < -0.4 is 0 Å². The summed E-state index contributed by atoms with van der Waals surface area (Å²) in [4.78, 5) is 10.9. The van der Waals surface area contributed by atoms with Crippen LogP contribution in [-0.4, -0.2) is 5.97 Å². The molecule has 1 aromatic heterocycles. The zero-order valence-electron chi connectivity index (χ0n) is 6.82. The van der Waals surface area contributed by atoms with Crippen LogP contribution >= 0.6 is 0 Å². The van der Waals surface area contributed by atoms with Crippen molar-refractivity contribution in [3.05, 3.63) is 24.2 Å². The quantitative estimate of drug-likeness (QED) is 0.598. The van der Waals surface area contributed by atoms with Crippen LogP contribution in [-0.2, 0) is 9.53 Å². The number of cyclic esters (lactones) is 1. The number of rotatable bonds is 1. The van der Waals surface area contributed by atoms with E-state index >= 15 is 0 Å². The average Bonchev–Trinajstić information content (AvgIpc) is 2.58. The van der Waals surface area contributed by atoms with Crippen LogP contribution in [0.1, 0.15) is 25.0 Å². The first-order valence-electron chi connectivity index (χ1n) is 3.99. The third-order valence-corrected chi connectivity index (χ3v) is 2.14.